The van der Waals surface area contributed by atoms with Gasteiger partial charge >= 0.3 is 5.69 Å². The molecule has 2 rings (SSSR count). The standard InChI is InChI=1S/C12H17ClN4O2S/c1-7-10(17(18)19)11(16-12(13)14-7)15-8-3-5-9(20-2)6-4-8/h8-9H,3-6H2,1-2H3,(H,14,15,16). The van der Waals surface area contributed by atoms with Gasteiger partial charge in [0.2, 0.25) is 11.1 Å². The summed E-state index contributed by atoms with van der Waals surface area (Å²) < 4.78 is 0. The third kappa shape index (κ3) is 3.52. The fraction of sp³-hybridized carbons (Fsp3) is 0.667. The van der Waals surface area contributed by atoms with Crippen LogP contribution < -0.4 is 5.32 Å². The second-order valence-corrected chi connectivity index (χ2v) is 6.36. The van der Waals surface area contributed by atoms with Gasteiger partial charge in [-0.05, 0) is 50.5 Å². The summed E-state index contributed by atoms with van der Waals surface area (Å²) in [6, 6.07) is 0.211. The number of nitro groups is 1. The number of halogens is 1. The second kappa shape index (κ2) is 6.58. The van der Waals surface area contributed by atoms with Crippen LogP contribution in [0, 0.1) is 17.0 Å². The zero-order valence-corrected chi connectivity index (χ0v) is 13.0. The third-order valence-corrected chi connectivity index (χ3v) is 4.87. The van der Waals surface area contributed by atoms with Gasteiger partial charge < -0.3 is 5.32 Å². The Morgan fingerprint density at radius 1 is 1.35 bits per heavy atom. The molecule has 1 saturated carbocycles. The predicted octanol–water partition coefficient (Wildman–Crippen LogP) is 3.43. The quantitative estimate of drug-likeness (QED) is 0.520. The smallest absolute Gasteiger partial charge is 0.332 e. The van der Waals surface area contributed by atoms with Crippen molar-refractivity contribution in [3.05, 3.63) is 21.1 Å². The summed E-state index contributed by atoms with van der Waals surface area (Å²) in [6.45, 7) is 1.57. The molecule has 0 saturated heterocycles. The molecule has 110 valence electrons. The maximum Gasteiger partial charge on any atom is 0.332 e. The lowest BCUT2D eigenvalue weighted by atomic mass is 9.95. The normalized spacial score (nSPS) is 22.6. The molecule has 0 spiro atoms. The number of hydrogen-bond donors (Lipinski definition) is 1. The highest BCUT2D eigenvalue weighted by molar-refractivity contribution is 7.99. The van der Waals surface area contributed by atoms with Crippen molar-refractivity contribution in [3.63, 3.8) is 0 Å². The molecule has 0 aliphatic heterocycles. The van der Waals surface area contributed by atoms with Crippen molar-refractivity contribution < 1.29 is 4.92 Å². The summed E-state index contributed by atoms with van der Waals surface area (Å²) in [5.74, 6) is 0.236. The maximum absolute atomic E-state index is 11.1. The number of hydrogen-bond acceptors (Lipinski definition) is 6. The Kier molecular flexibility index (Phi) is 5.04. The zero-order chi connectivity index (χ0) is 14.7. The van der Waals surface area contributed by atoms with E-state index in [0.717, 1.165) is 25.7 Å². The van der Waals surface area contributed by atoms with E-state index in [9.17, 15) is 10.1 Å². The van der Waals surface area contributed by atoms with Crippen LogP contribution >= 0.6 is 23.4 Å². The summed E-state index contributed by atoms with van der Waals surface area (Å²) >= 11 is 7.69. The molecule has 0 bridgehead atoms. The van der Waals surface area contributed by atoms with Crippen molar-refractivity contribution in [2.24, 2.45) is 0 Å². The number of aromatic nitrogens is 2. The van der Waals surface area contributed by atoms with Crippen LogP contribution in [0.25, 0.3) is 0 Å². The largest absolute Gasteiger partial charge is 0.361 e. The van der Waals surface area contributed by atoms with Crippen molar-refractivity contribution in [2.45, 2.75) is 43.9 Å². The molecule has 1 aromatic heterocycles. The van der Waals surface area contributed by atoms with E-state index in [0.29, 0.717) is 5.25 Å². The number of nitrogens with zero attached hydrogens (tertiary/aromatic N) is 3. The van der Waals surface area contributed by atoms with Crippen LogP contribution in [0.2, 0.25) is 5.28 Å². The Morgan fingerprint density at radius 2 is 2.00 bits per heavy atom. The van der Waals surface area contributed by atoms with Crippen molar-refractivity contribution in [1.82, 2.24) is 9.97 Å². The van der Waals surface area contributed by atoms with Crippen LogP contribution in [0.15, 0.2) is 0 Å². The molecule has 1 N–H and O–H groups in total. The average Bonchev–Trinajstić information content (AvgIpc) is 2.38. The van der Waals surface area contributed by atoms with E-state index in [2.05, 4.69) is 21.5 Å². The van der Waals surface area contributed by atoms with E-state index in [1.165, 1.54) is 0 Å². The molecule has 6 nitrogen and oxygen atoms in total. The predicted molar refractivity (Wildman–Crippen MR) is 81.6 cm³/mol. The first-order valence-electron chi connectivity index (χ1n) is 6.49. The minimum Gasteiger partial charge on any atom is -0.361 e. The Bertz CT molecular complexity index is 506. The number of anilines is 1. The number of thioether (sulfide) groups is 1. The van der Waals surface area contributed by atoms with Gasteiger partial charge in [0.15, 0.2) is 0 Å². The molecule has 0 amide bonds. The van der Waals surface area contributed by atoms with Crippen molar-refractivity contribution in [1.29, 1.82) is 0 Å². The number of nitrogens with one attached hydrogen (secondary N) is 1. The van der Waals surface area contributed by atoms with E-state index in [1.807, 2.05) is 11.8 Å². The van der Waals surface area contributed by atoms with Gasteiger partial charge in [-0.15, -0.1) is 0 Å². The lowest BCUT2D eigenvalue weighted by Gasteiger charge is -2.28. The second-order valence-electron chi connectivity index (χ2n) is 4.89. The van der Waals surface area contributed by atoms with Crippen molar-refractivity contribution in [3.8, 4) is 0 Å². The van der Waals surface area contributed by atoms with Gasteiger partial charge in [-0.1, -0.05) is 0 Å². The van der Waals surface area contributed by atoms with Gasteiger partial charge in [-0.2, -0.15) is 16.7 Å². The van der Waals surface area contributed by atoms with E-state index in [1.54, 1.807) is 6.92 Å². The molecule has 1 fully saturated rings. The van der Waals surface area contributed by atoms with Gasteiger partial charge in [0.1, 0.15) is 5.69 Å². The first kappa shape index (κ1) is 15.3. The van der Waals surface area contributed by atoms with Crippen LogP contribution in [-0.2, 0) is 0 Å². The lowest BCUT2D eigenvalue weighted by Crippen LogP contribution is -2.28. The average molecular weight is 317 g/mol. The molecule has 0 radical (unpaired) electrons. The van der Waals surface area contributed by atoms with E-state index >= 15 is 0 Å². The molecule has 1 aliphatic carbocycles. The van der Waals surface area contributed by atoms with Crippen molar-refractivity contribution in [2.75, 3.05) is 11.6 Å². The molecule has 1 aromatic rings. The highest BCUT2D eigenvalue weighted by Crippen LogP contribution is 2.32. The van der Waals surface area contributed by atoms with E-state index in [-0.39, 0.29) is 28.5 Å². The Morgan fingerprint density at radius 3 is 2.55 bits per heavy atom. The molecule has 0 unspecified atom stereocenters. The Labute approximate surface area is 126 Å². The third-order valence-electron chi connectivity index (χ3n) is 3.56. The Hall–Kier alpha value is -1.08. The SMILES string of the molecule is CSC1CCC(Nc2nc(Cl)nc(C)c2[N+](=O)[O-])CC1. The van der Waals surface area contributed by atoms with Crippen molar-refractivity contribution >= 4 is 34.9 Å². The summed E-state index contributed by atoms with van der Waals surface area (Å²) in [5, 5.41) is 15.0. The minimum atomic E-state index is -0.457. The minimum absolute atomic E-state index is 0.0356. The Balaban J connectivity index is 2.15. The van der Waals surface area contributed by atoms with Gasteiger partial charge in [0.05, 0.1) is 4.92 Å². The van der Waals surface area contributed by atoms with Gasteiger partial charge in [0, 0.05) is 11.3 Å². The maximum atomic E-state index is 11.1. The fourth-order valence-electron chi connectivity index (χ4n) is 2.49. The first-order valence-corrected chi connectivity index (χ1v) is 8.15. The monoisotopic (exact) mass is 316 g/mol. The molecule has 20 heavy (non-hydrogen) atoms. The molecule has 1 heterocycles. The summed E-state index contributed by atoms with van der Waals surface area (Å²) in [5.41, 5.74) is 0.205. The summed E-state index contributed by atoms with van der Waals surface area (Å²) in [6.07, 6.45) is 6.33. The molecular weight excluding hydrogens is 300 g/mol. The van der Waals surface area contributed by atoms with Crippen LogP contribution in [0.5, 0.6) is 0 Å². The number of rotatable bonds is 4. The van der Waals surface area contributed by atoms with Crippen LogP contribution in [-0.4, -0.2) is 32.4 Å². The topological polar surface area (TPSA) is 81.0 Å². The molecular formula is C12H17ClN4O2S. The summed E-state index contributed by atoms with van der Waals surface area (Å²) in [4.78, 5) is 18.5. The lowest BCUT2D eigenvalue weighted by molar-refractivity contribution is -0.385. The number of aryl methyl sites for hydroxylation is 1. The van der Waals surface area contributed by atoms with Gasteiger partial charge in [-0.3, -0.25) is 10.1 Å². The van der Waals surface area contributed by atoms with E-state index < -0.39 is 4.92 Å². The fourth-order valence-corrected chi connectivity index (χ4v) is 3.44. The highest BCUT2D eigenvalue weighted by Gasteiger charge is 2.26. The molecule has 0 atom stereocenters. The zero-order valence-electron chi connectivity index (χ0n) is 11.4. The molecule has 0 aromatic carbocycles. The highest BCUT2D eigenvalue weighted by atomic mass is 35.5. The van der Waals surface area contributed by atoms with Crippen LogP contribution in [0.4, 0.5) is 11.5 Å². The van der Waals surface area contributed by atoms with Crippen LogP contribution in [0.1, 0.15) is 31.4 Å². The van der Waals surface area contributed by atoms with E-state index in [4.69, 9.17) is 11.6 Å². The molecule has 8 heteroatoms. The molecule has 1 aliphatic rings. The van der Waals surface area contributed by atoms with Gasteiger partial charge in [0.25, 0.3) is 0 Å². The first-order chi connectivity index (χ1) is 9.51. The van der Waals surface area contributed by atoms with Gasteiger partial charge in [-0.25, -0.2) is 4.98 Å². The summed E-state index contributed by atoms with van der Waals surface area (Å²) in [7, 11) is 0. The van der Waals surface area contributed by atoms with Crippen LogP contribution in [0.3, 0.4) is 0 Å².